The van der Waals surface area contributed by atoms with Gasteiger partial charge in [0.1, 0.15) is 5.82 Å². The number of nitrogens with one attached hydrogen (secondary N) is 1. The number of hydrogen-bond acceptors (Lipinski definition) is 1. The monoisotopic (exact) mass is 277 g/mol. The Labute approximate surface area is 118 Å². The second kappa shape index (κ2) is 6.18. The Kier molecular flexibility index (Phi) is 4.56. The predicted octanol–water partition coefficient (Wildman–Crippen LogP) is 4.29. The second-order valence-electron chi connectivity index (χ2n) is 4.70. The first kappa shape index (κ1) is 14.0. The summed E-state index contributed by atoms with van der Waals surface area (Å²) < 4.78 is 13.0. The van der Waals surface area contributed by atoms with E-state index in [1.807, 2.05) is 13.1 Å². The molecule has 0 saturated carbocycles. The third-order valence-corrected chi connectivity index (χ3v) is 3.58. The maximum absolute atomic E-state index is 13.0. The van der Waals surface area contributed by atoms with Crippen LogP contribution in [0.25, 0.3) is 0 Å². The molecule has 0 spiro atoms. The van der Waals surface area contributed by atoms with Gasteiger partial charge < -0.3 is 5.32 Å². The second-order valence-corrected chi connectivity index (χ2v) is 5.10. The highest BCUT2D eigenvalue weighted by atomic mass is 35.5. The molecule has 100 valence electrons. The molecule has 1 unspecified atom stereocenters. The van der Waals surface area contributed by atoms with Crippen LogP contribution in [-0.4, -0.2) is 7.05 Å². The lowest BCUT2D eigenvalue weighted by atomic mass is 9.97. The predicted molar refractivity (Wildman–Crippen MR) is 78.1 cm³/mol. The molecular weight excluding hydrogens is 261 g/mol. The van der Waals surface area contributed by atoms with Crippen molar-refractivity contribution in [2.75, 3.05) is 7.05 Å². The van der Waals surface area contributed by atoms with Crippen molar-refractivity contribution in [2.45, 2.75) is 19.4 Å². The number of rotatable bonds is 4. The van der Waals surface area contributed by atoms with Crippen molar-refractivity contribution < 1.29 is 4.39 Å². The van der Waals surface area contributed by atoms with Gasteiger partial charge >= 0.3 is 0 Å². The van der Waals surface area contributed by atoms with Crippen LogP contribution in [0.4, 0.5) is 4.39 Å². The van der Waals surface area contributed by atoms with E-state index in [0.29, 0.717) is 5.02 Å². The average molecular weight is 278 g/mol. The molecule has 0 heterocycles. The molecule has 2 aromatic carbocycles. The van der Waals surface area contributed by atoms with Gasteiger partial charge in [0.05, 0.1) is 0 Å². The smallest absolute Gasteiger partial charge is 0.124 e. The molecule has 19 heavy (non-hydrogen) atoms. The summed E-state index contributed by atoms with van der Waals surface area (Å²) in [5, 5.41) is 3.76. The van der Waals surface area contributed by atoms with Gasteiger partial charge in [0.2, 0.25) is 0 Å². The molecule has 2 aromatic rings. The molecule has 0 radical (unpaired) electrons. The van der Waals surface area contributed by atoms with Gasteiger partial charge in [-0.25, -0.2) is 4.39 Å². The first-order chi connectivity index (χ1) is 9.10. The van der Waals surface area contributed by atoms with Crippen LogP contribution in [-0.2, 0) is 6.42 Å². The van der Waals surface area contributed by atoms with E-state index in [0.717, 1.165) is 12.0 Å². The Morgan fingerprint density at radius 2 is 2.00 bits per heavy atom. The zero-order valence-electron chi connectivity index (χ0n) is 11.1. The molecular formula is C16H17ClFN. The summed E-state index contributed by atoms with van der Waals surface area (Å²) in [6, 6.07) is 13.1. The van der Waals surface area contributed by atoms with Gasteiger partial charge in [-0.3, -0.25) is 0 Å². The summed E-state index contributed by atoms with van der Waals surface area (Å²) in [6.45, 7) is 2.07. The van der Waals surface area contributed by atoms with Crippen LogP contribution in [0.2, 0.25) is 5.02 Å². The van der Waals surface area contributed by atoms with Gasteiger partial charge in [-0.05, 0) is 43.7 Å². The Hall–Kier alpha value is -1.38. The summed E-state index contributed by atoms with van der Waals surface area (Å²) in [5.41, 5.74) is 3.38. The van der Waals surface area contributed by atoms with Crippen molar-refractivity contribution in [2.24, 2.45) is 0 Å². The van der Waals surface area contributed by atoms with E-state index in [2.05, 4.69) is 30.4 Å². The molecule has 0 bridgehead atoms. The SMILES string of the molecule is CNC(Cc1ccc(F)cc1Cl)c1cccc(C)c1. The average Bonchev–Trinajstić information content (AvgIpc) is 2.38. The molecule has 1 nitrogen and oxygen atoms in total. The van der Waals surface area contributed by atoms with E-state index >= 15 is 0 Å². The molecule has 1 atom stereocenters. The zero-order valence-corrected chi connectivity index (χ0v) is 11.8. The highest BCUT2D eigenvalue weighted by Crippen LogP contribution is 2.24. The fourth-order valence-electron chi connectivity index (χ4n) is 2.18. The number of halogens is 2. The Bertz CT molecular complexity index is 568. The summed E-state index contributed by atoms with van der Waals surface area (Å²) in [5.74, 6) is -0.301. The topological polar surface area (TPSA) is 12.0 Å². The quantitative estimate of drug-likeness (QED) is 0.879. The third-order valence-electron chi connectivity index (χ3n) is 3.23. The highest BCUT2D eigenvalue weighted by Gasteiger charge is 2.12. The van der Waals surface area contributed by atoms with Gasteiger partial charge in [-0.1, -0.05) is 47.5 Å². The lowest BCUT2D eigenvalue weighted by Gasteiger charge is -2.18. The normalized spacial score (nSPS) is 12.4. The van der Waals surface area contributed by atoms with Gasteiger partial charge in [0.15, 0.2) is 0 Å². The number of aryl methyl sites for hydroxylation is 1. The van der Waals surface area contributed by atoms with E-state index in [-0.39, 0.29) is 11.9 Å². The van der Waals surface area contributed by atoms with Gasteiger partial charge in [-0.15, -0.1) is 0 Å². The van der Waals surface area contributed by atoms with E-state index in [4.69, 9.17) is 11.6 Å². The van der Waals surface area contributed by atoms with Crippen molar-refractivity contribution >= 4 is 11.6 Å². The molecule has 1 N–H and O–H groups in total. The molecule has 2 rings (SSSR count). The minimum absolute atomic E-state index is 0.169. The largest absolute Gasteiger partial charge is 0.313 e. The first-order valence-corrected chi connectivity index (χ1v) is 6.65. The molecule has 0 fully saturated rings. The van der Waals surface area contributed by atoms with Crippen LogP contribution < -0.4 is 5.32 Å². The van der Waals surface area contributed by atoms with Crippen LogP contribution >= 0.6 is 11.6 Å². The Morgan fingerprint density at radius 3 is 2.63 bits per heavy atom. The van der Waals surface area contributed by atoms with E-state index < -0.39 is 0 Å². The standard InChI is InChI=1S/C16H17ClFN/c1-11-4-3-5-13(8-11)16(19-2)9-12-6-7-14(18)10-15(12)17/h3-8,10,16,19H,9H2,1-2H3. The number of hydrogen-bond donors (Lipinski definition) is 1. The number of benzene rings is 2. The van der Waals surface area contributed by atoms with Crippen molar-refractivity contribution in [3.63, 3.8) is 0 Å². The maximum Gasteiger partial charge on any atom is 0.124 e. The zero-order chi connectivity index (χ0) is 13.8. The van der Waals surface area contributed by atoms with Gasteiger partial charge in [-0.2, -0.15) is 0 Å². The summed E-state index contributed by atoms with van der Waals surface area (Å²) in [7, 11) is 1.92. The summed E-state index contributed by atoms with van der Waals surface area (Å²) in [4.78, 5) is 0. The van der Waals surface area contributed by atoms with Crippen molar-refractivity contribution in [1.29, 1.82) is 0 Å². The molecule has 0 saturated heterocycles. The first-order valence-electron chi connectivity index (χ1n) is 6.28. The van der Waals surface area contributed by atoms with Crippen molar-refractivity contribution in [1.82, 2.24) is 5.32 Å². The molecule has 0 amide bonds. The molecule has 0 aliphatic carbocycles. The van der Waals surface area contributed by atoms with Gasteiger partial charge in [0.25, 0.3) is 0 Å². The third kappa shape index (κ3) is 3.55. The van der Waals surface area contributed by atoms with Crippen LogP contribution in [0.3, 0.4) is 0 Å². The minimum Gasteiger partial charge on any atom is -0.313 e. The Balaban J connectivity index is 2.24. The highest BCUT2D eigenvalue weighted by molar-refractivity contribution is 6.31. The van der Waals surface area contributed by atoms with E-state index in [9.17, 15) is 4.39 Å². The molecule has 0 aromatic heterocycles. The summed E-state index contributed by atoms with van der Waals surface area (Å²) >= 11 is 6.08. The molecule has 3 heteroatoms. The Morgan fingerprint density at radius 1 is 1.21 bits per heavy atom. The van der Waals surface area contributed by atoms with E-state index in [1.54, 1.807) is 6.07 Å². The molecule has 0 aliphatic rings. The molecule has 0 aliphatic heterocycles. The fraction of sp³-hybridized carbons (Fsp3) is 0.250. The fourth-order valence-corrected chi connectivity index (χ4v) is 2.42. The lowest BCUT2D eigenvalue weighted by Crippen LogP contribution is -2.19. The lowest BCUT2D eigenvalue weighted by molar-refractivity contribution is 0.588. The number of likely N-dealkylation sites (N-methyl/N-ethyl adjacent to an activating group) is 1. The van der Waals surface area contributed by atoms with Crippen molar-refractivity contribution in [3.05, 3.63) is 70.0 Å². The van der Waals surface area contributed by atoms with Crippen LogP contribution in [0, 0.1) is 12.7 Å². The van der Waals surface area contributed by atoms with Crippen LogP contribution in [0.15, 0.2) is 42.5 Å². The maximum atomic E-state index is 13.0. The van der Waals surface area contributed by atoms with Crippen LogP contribution in [0.1, 0.15) is 22.7 Å². The minimum atomic E-state index is -0.301. The van der Waals surface area contributed by atoms with Crippen molar-refractivity contribution in [3.8, 4) is 0 Å². The van der Waals surface area contributed by atoms with Gasteiger partial charge in [0, 0.05) is 11.1 Å². The van der Waals surface area contributed by atoms with E-state index in [1.165, 1.54) is 23.3 Å². The summed E-state index contributed by atoms with van der Waals surface area (Å²) in [6.07, 6.45) is 0.735. The van der Waals surface area contributed by atoms with Crippen LogP contribution in [0.5, 0.6) is 0 Å².